The van der Waals surface area contributed by atoms with E-state index in [0.717, 1.165) is 38.7 Å². The first-order valence-corrected chi connectivity index (χ1v) is 9.05. The number of esters is 1. The van der Waals surface area contributed by atoms with Crippen LogP contribution >= 0.6 is 12.2 Å². The Balaban J connectivity index is 1.66. The number of aromatic nitrogens is 1. The van der Waals surface area contributed by atoms with Crippen molar-refractivity contribution < 1.29 is 14.3 Å². The Bertz CT molecular complexity index is 1240. The average Bonchev–Trinajstić information content (AvgIpc) is 3.18. The van der Waals surface area contributed by atoms with E-state index < -0.39 is 5.97 Å². The number of hydrogen-bond acceptors (Lipinski definition) is 4. The van der Waals surface area contributed by atoms with Crippen LogP contribution in [0.2, 0.25) is 0 Å². The average molecular weight is 373 g/mol. The lowest BCUT2D eigenvalue weighted by molar-refractivity contribution is 0.0743. The molecule has 0 spiro atoms. The first kappa shape index (κ1) is 16.0. The fraction of sp³-hybridized carbons (Fsp3) is 0.0909. The van der Waals surface area contributed by atoms with Gasteiger partial charge in [-0.05, 0) is 54.5 Å². The summed E-state index contributed by atoms with van der Waals surface area (Å²) in [4.78, 5) is 15.8. The molecule has 3 aromatic carbocycles. The third kappa shape index (κ3) is 2.51. The summed E-state index contributed by atoms with van der Waals surface area (Å²) in [5.41, 5.74) is 5.21. The van der Waals surface area contributed by atoms with Gasteiger partial charge in [-0.15, -0.1) is 0 Å². The summed E-state index contributed by atoms with van der Waals surface area (Å²) in [6.45, 7) is 2.48. The summed E-state index contributed by atoms with van der Waals surface area (Å²) in [7, 11) is 0. The Labute approximate surface area is 160 Å². The predicted molar refractivity (Wildman–Crippen MR) is 108 cm³/mol. The molecule has 0 radical (unpaired) electrons. The second-order valence-electron chi connectivity index (χ2n) is 6.65. The normalized spacial score (nSPS) is 13.2. The van der Waals surface area contributed by atoms with Gasteiger partial charge in [0.15, 0.2) is 0 Å². The van der Waals surface area contributed by atoms with Crippen molar-refractivity contribution >= 4 is 45.0 Å². The summed E-state index contributed by atoms with van der Waals surface area (Å²) >= 11 is 5.21. The molecule has 5 heteroatoms. The maximum atomic E-state index is 12.4. The van der Waals surface area contributed by atoms with E-state index >= 15 is 0 Å². The molecular formula is C22H15NO3S. The van der Waals surface area contributed by atoms with Crippen LogP contribution in [0.3, 0.4) is 0 Å². The molecule has 5 rings (SSSR count). The van der Waals surface area contributed by atoms with Crippen molar-refractivity contribution in [3.8, 4) is 5.75 Å². The fourth-order valence-corrected chi connectivity index (χ4v) is 3.85. The van der Waals surface area contributed by atoms with Crippen LogP contribution in [0.25, 0.3) is 21.8 Å². The van der Waals surface area contributed by atoms with Crippen LogP contribution in [0.15, 0.2) is 54.6 Å². The Morgan fingerprint density at radius 1 is 1.11 bits per heavy atom. The molecule has 1 aliphatic heterocycles. The monoisotopic (exact) mass is 373 g/mol. The highest BCUT2D eigenvalue weighted by Crippen LogP contribution is 2.37. The smallest absolute Gasteiger partial charge is 0.345 e. The number of carbonyl (C=O) groups excluding carboxylic acids is 1. The molecule has 0 saturated heterocycles. The van der Waals surface area contributed by atoms with Gasteiger partial charge in [-0.3, -0.25) is 0 Å². The molecule has 0 aliphatic carbocycles. The minimum Gasteiger partial charge on any atom is -0.489 e. The molecule has 0 bridgehead atoms. The Morgan fingerprint density at radius 3 is 2.74 bits per heavy atom. The molecule has 1 N–H and O–H groups in total. The quantitative estimate of drug-likeness (QED) is 0.403. The van der Waals surface area contributed by atoms with Gasteiger partial charge in [0, 0.05) is 21.9 Å². The molecule has 0 unspecified atom stereocenters. The predicted octanol–water partition coefficient (Wildman–Crippen LogP) is 5.05. The lowest BCUT2D eigenvalue weighted by Crippen LogP contribution is -1.96. The summed E-state index contributed by atoms with van der Waals surface area (Å²) in [5.74, 6) is 0.355. The van der Waals surface area contributed by atoms with Gasteiger partial charge in [0.1, 0.15) is 12.4 Å². The van der Waals surface area contributed by atoms with Gasteiger partial charge in [-0.1, -0.05) is 30.3 Å². The molecular weight excluding hydrogens is 358 g/mol. The van der Waals surface area contributed by atoms with Crippen molar-refractivity contribution in [3.63, 3.8) is 0 Å². The number of rotatable bonds is 3. The second kappa shape index (κ2) is 5.93. The molecule has 0 amide bonds. The van der Waals surface area contributed by atoms with Crippen LogP contribution in [0.4, 0.5) is 0 Å². The van der Waals surface area contributed by atoms with Gasteiger partial charge in [0.25, 0.3) is 0 Å². The molecule has 4 aromatic rings. The summed E-state index contributed by atoms with van der Waals surface area (Å²) in [5, 5.41) is 2.01. The highest BCUT2D eigenvalue weighted by molar-refractivity contribution is 7.80. The number of cyclic esters (lactones) is 1. The van der Waals surface area contributed by atoms with Crippen molar-refractivity contribution in [2.24, 2.45) is 0 Å². The minimum atomic E-state index is -0.392. The number of thiocarbonyl (C=S) groups is 1. The zero-order valence-corrected chi connectivity index (χ0v) is 15.4. The number of fused-ring (bicyclic) bond motifs is 5. The number of H-pyrrole nitrogens is 1. The second-order valence-corrected chi connectivity index (χ2v) is 7.02. The number of nitrogens with one attached hydrogen (secondary N) is 1. The Morgan fingerprint density at radius 2 is 1.93 bits per heavy atom. The zero-order chi connectivity index (χ0) is 18.5. The molecule has 4 nitrogen and oxygen atoms in total. The number of aromatic amines is 1. The maximum Gasteiger partial charge on any atom is 0.345 e. The minimum absolute atomic E-state index is 0.242. The Kier molecular flexibility index (Phi) is 3.52. The topological polar surface area (TPSA) is 51.3 Å². The standard InChI is InChI=1S/C22H15NO3S/c1-12-9-16-19(21(24)26-22(16)27)18-15-10-14(7-8-17(15)23-20(12)18)25-11-13-5-3-2-4-6-13/h2-10,23H,11H2,1H3. The van der Waals surface area contributed by atoms with E-state index in [1.807, 2.05) is 61.5 Å². The van der Waals surface area contributed by atoms with Crippen molar-refractivity contribution in [1.82, 2.24) is 4.98 Å². The SMILES string of the molecule is Cc1cc2c(c3c1[nH]c1ccc(OCc4ccccc4)cc13)C(=O)OC2=S. The van der Waals surface area contributed by atoms with E-state index in [1.54, 1.807) is 0 Å². The maximum absolute atomic E-state index is 12.4. The van der Waals surface area contributed by atoms with Crippen molar-refractivity contribution in [1.29, 1.82) is 0 Å². The van der Waals surface area contributed by atoms with E-state index in [9.17, 15) is 4.79 Å². The van der Waals surface area contributed by atoms with Crippen LogP contribution in [-0.4, -0.2) is 16.0 Å². The molecule has 1 aliphatic rings. The zero-order valence-electron chi connectivity index (χ0n) is 14.5. The summed E-state index contributed by atoms with van der Waals surface area (Å²) in [6, 6.07) is 17.8. The van der Waals surface area contributed by atoms with Crippen LogP contribution in [0, 0.1) is 6.92 Å². The highest BCUT2D eigenvalue weighted by Gasteiger charge is 2.31. The van der Waals surface area contributed by atoms with E-state index in [0.29, 0.717) is 17.7 Å². The largest absolute Gasteiger partial charge is 0.489 e. The van der Waals surface area contributed by atoms with E-state index in [4.69, 9.17) is 21.7 Å². The Hall–Kier alpha value is -3.18. The van der Waals surface area contributed by atoms with Gasteiger partial charge in [-0.2, -0.15) is 0 Å². The lowest BCUT2D eigenvalue weighted by Gasteiger charge is -2.07. The van der Waals surface area contributed by atoms with Gasteiger partial charge in [0.05, 0.1) is 11.1 Å². The van der Waals surface area contributed by atoms with Crippen molar-refractivity contribution in [3.05, 3.63) is 76.9 Å². The highest BCUT2D eigenvalue weighted by atomic mass is 32.1. The number of hydrogen-bond donors (Lipinski definition) is 1. The molecule has 0 atom stereocenters. The number of aryl methyl sites for hydroxylation is 1. The van der Waals surface area contributed by atoms with Crippen molar-refractivity contribution in [2.75, 3.05) is 0 Å². The third-order valence-corrected chi connectivity index (χ3v) is 5.21. The molecule has 0 saturated carbocycles. The summed E-state index contributed by atoms with van der Waals surface area (Å²) < 4.78 is 11.2. The third-order valence-electron chi connectivity index (χ3n) is 4.90. The lowest BCUT2D eigenvalue weighted by atomic mass is 9.99. The van der Waals surface area contributed by atoms with Gasteiger partial charge in [0.2, 0.25) is 5.05 Å². The first-order valence-electron chi connectivity index (χ1n) is 8.64. The molecule has 1 aromatic heterocycles. The molecule has 132 valence electrons. The summed E-state index contributed by atoms with van der Waals surface area (Å²) in [6.07, 6.45) is 0. The van der Waals surface area contributed by atoms with Gasteiger partial charge < -0.3 is 14.5 Å². The number of ether oxygens (including phenoxy) is 2. The van der Waals surface area contributed by atoms with Crippen molar-refractivity contribution in [2.45, 2.75) is 13.5 Å². The van der Waals surface area contributed by atoms with Crippen LogP contribution < -0.4 is 4.74 Å². The van der Waals surface area contributed by atoms with Crippen LogP contribution in [0.5, 0.6) is 5.75 Å². The fourth-order valence-electron chi connectivity index (χ4n) is 3.62. The van der Waals surface area contributed by atoms with E-state index in [2.05, 4.69) is 4.98 Å². The molecule has 0 fully saturated rings. The molecule has 2 heterocycles. The first-order chi connectivity index (χ1) is 13.1. The van der Waals surface area contributed by atoms with Gasteiger partial charge >= 0.3 is 5.97 Å². The number of benzene rings is 3. The van der Waals surface area contributed by atoms with E-state index in [1.165, 1.54) is 0 Å². The van der Waals surface area contributed by atoms with Crippen LogP contribution in [-0.2, 0) is 11.3 Å². The van der Waals surface area contributed by atoms with Gasteiger partial charge in [-0.25, -0.2) is 4.79 Å². The molecule has 27 heavy (non-hydrogen) atoms. The number of carbonyl (C=O) groups is 1. The van der Waals surface area contributed by atoms with Crippen LogP contribution in [0.1, 0.15) is 27.0 Å². The van der Waals surface area contributed by atoms with E-state index in [-0.39, 0.29) is 5.05 Å².